The van der Waals surface area contributed by atoms with E-state index in [9.17, 15) is 4.79 Å². The number of carbonyl (C=O) groups is 1. The normalized spacial score (nSPS) is 29.5. The fraction of sp³-hybridized carbons (Fsp3) is 0.667. The van der Waals surface area contributed by atoms with Gasteiger partial charge in [-0.05, 0) is 6.92 Å². The molecule has 0 amide bonds. The highest BCUT2D eigenvalue weighted by atomic mass is 32.1. The minimum atomic E-state index is -0.0917. The second-order valence-electron chi connectivity index (χ2n) is 4.65. The summed E-state index contributed by atoms with van der Waals surface area (Å²) < 4.78 is 10.8. The standard InChI is InChI=1S/C12H16N2O3S/c1-8-7-18-11(13-8)10-6-14(3-5-16-10)9-2-4-17-12(9)15/h7,9-10H,2-6H2,1H3/t9-,10+/m1/s1. The fourth-order valence-corrected chi connectivity index (χ4v) is 3.27. The Bertz CT molecular complexity index is 448. The predicted molar refractivity (Wildman–Crippen MR) is 66.5 cm³/mol. The summed E-state index contributed by atoms with van der Waals surface area (Å²) in [6.45, 7) is 4.69. The second kappa shape index (κ2) is 4.95. The topological polar surface area (TPSA) is 51.7 Å². The first-order valence-electron chi connectivity index (χ1n) is 6.18. The lowest BCUT2D eigenvalue weighted by molar-refractivity contribution is -0.144. The molecule has 18 heavy (non-hydrogen) atoms. The number of nitrogens with zero attached hydrogens (tertiary/aromatic N) is 2. The molecule has 2 atom stereocenters. The molecular weight excluding hydrogens is 252 g/mol. The van der Waals surface area contributed by atoms with E-state index in [0.717, 1.165) is 30.2 Å². The molecule has 0 saturated carbocycles. The van der Waals surface area contributed by atoms with Crippen molar-refractivity contribution >= 4 is 17.3 Å². The maximum atomic E-state index is 11.6. The third kappa shape index (κ3) is 2.28. The van der Waals surface area contributed by atoms with Crippen molar-refractivity contribution in [2.24, 2.45) is 0 Å². The smallest absolute Gasteiger partial charge is 0.323 e. The van der Waals surface area contributed by atoms with Gasteiger partial charge in [-0.2, -0.15) is 0 Å². The number of morpholine rings is 1. The first-order chi connectivity index (χ1) is 8.74. The molecule has 0 aromatic carbocycles. The largest absolute Gasteiger partial charge is 0.464 e. The van der Waals surface area contributed by atoms with Crippen LogP contribution in [0.1, 0.15) is 23.2 Å². The first kappa shape index (κ1) is 12.1. The lowest BCUT2D eigenvalue weighted by Gasteiger charge is -2.34. The monoisotopic (exact) mass is 268 g/mol. The number of cyclic esters (lactones) is 1. The molecule has 0 bridgehead atoms. The van der Waals surface area contributed by atoms with E-state index >= 15 is 0 Å². The van der Waals surface area contributed by atoms with Crippen molar-refractivity contribution in [2.75, 3.05) is 26.3 Å². The van der Waals surface area contributed by atoms with Crippen LogP contribution in [0.3, 0.4) is 0 Å². The Hall–Kier alpha value is -0.980. The number of hydrogen-bond acceptors (Lipinski definition) is 6. The van der Waals surface area contributed by atoms with Crippen LogP contribution in [0.25, 0.3) is 0 Å². The zero-order valence-corrected chi connectivity index (χ0v) is 11.1. The molecule has 2 aliphatic heterocycles. The van der Waals surface area contributed by atoms with Gasteiger partial charge in [-0.25, -0.2) is 4.98 Å². The molecule has 0 spiro atoms. The number of thiazole rings is 1. The molecular formula is C12H16N2O3S. The molecule has 3 heterocycles. The molecule has 6 heteroatoms. The van der Waals surface area contributed by atoms with Gasteiger partial charge in [0.05, 0.1) is 13.2 Å². The van der Waals surface area contributed by atoms with Crippen molar-refractivity contribution in [3.63, 3.8) is 0 Å². The summed E-state index contributed by atoms with van der Waals surface area (Å²) >= 11 is 1.62. The predicted octanol–water partition coefficient (Wildman–Crippen LogP) is 1.14. The highest BCUT2D eigenvalue weighted by molar-refractivity contribution is 7.09. The summed E-state index contributed by atoms with van der Waals surface area (Å²) in [5, 5.41) is 3.03. The number of aromatic nitrogens is 1. The van der Waals surface area contributed by atoms with Crippen LogP contribution >= 0.6 is 11.3 Å². The molecule has 0 unspecified atom stereocenters. The minimum absolute atomic E-state index is 0.00847. The highest BCUT2D eigenvalue weighted by Gasteiger charge is 2.36. The quantitative estimate of drug-likeness (QED) is 0.753. The lowest BCUT2D eigenvalue weighted by Crippen LogP contribution is -2.46. The summed E-state index contributed by atoms with van der Waals surface area (Å²) in [7, 11) is 0. The van der Waals surface area contributed by atoms with Gasteiger partial charge in [-0.15, -0.1) is 11.3 Å². The Morgan fingerprint density at radius 3 is 3.06 bits per heavy atom. The van der Waals surface area contributed by atoms with Crippen molar-refractivity contribution in [1.29, 1.82) is 0 Å². The van der Waals surface area contributed by atoms with E-state index in [0.29, 0.717) is 13.2 Å². The number of aryl methyl sites for hydroxylation is 1. The number of esters is 1. The molecule has 0 aliphatic carbocycles. The zero-order valence-electron chi connectivity index (χ0n) is 10.3. The Morgan fingerprint density at radius 2 is 2.39 bits per heavy atom. The fourth-order valence-electron chi connectivity index (χ4n) is 2.44. The molecule has 1 aromatic heterocycles. The third-order valence-corrected chi connectivity index (χ3v) is 4.41. The molecule has 1 aromatic rings. The van der Waals surface area contributed by atoms with E-state index < -0.39 is 0 Å². The van der Waals surface area contributed by atoms with E-state index in [4.69, 9.17) is 9.47 Å². The maximum Gasteiger partial charge on any atom is 0.323 e. The van der Waals surface area contributed by atoms with Crippen LogP contribution in [0.5, 0.6) is 0 Å². The van der Waals surface area contributed by atoms with Crippen LogP contribution in [0.4, 0.5) is 0 Å². The summed E-state index contributed by atoms with van der Waals surface area (Å²) in [5.41, 5.74) is 1.02. The molecule has 2 saturated heterocycles. The van der Waals surface area contributed by atoms with Gasteiger partial charge in [0.25, 0.3) is 0 Å². The Kier molecular flexibility index (Phi) is 3.32. The van der Waals surface area contributed by atoms with E-state index in [2.05, 4.69) is 9.88 Å². The van der Waals surface area contributed by atoms with Gasteiger partial charge in [0, 0.05) is 30.6 Å². The third-order valence-electron chi connectivity index (χ3n) is 3.36. The van der Waals surface area contributed by atoms with Gasteiger partial charge < -0.3 is 9.47 Å². The Balaban J connectivity index is 1.70. The number of rotatable bonds is 2. The SMILES string of the molecule is Cc1csc([C@@H]2CN([C@@H]3CCOC3=O)CCO2)n1. The minimum Gasteiger partial charge on any atom is -0.464 e. The lowest BCUT2D eigenvalue weighted by atomic mass is 10.1. The number of ether oxygens (including phenoxy) is 2. The van der Waals surface area contributed by atoms with Gasteiger partial charge in [-0.1, -0.05) is 0 Å². The van der Waals surface area contributed by atoms with Crippen molar-refractivity contribution in [1.82, 2.24) is 9.88 Å². The van der Waals surface area contributed by atoms with E-state index in [-0.39, 0.29) is 18.1 Å². The maximum absolute atomic E-state index is 11.6. The van der Waals surface area contributed by atoms with E-state index in [1.807, 2.05) is 12.3 Å². The van der Waals surface area contributed by atoms with E-state index in [1.165, 1.54) is 0 Å². The molecule has 2 fully saturated rings. The molecule has 0 radical (unpaired) electrons. The summed E-state index contributed by atoms with van der Waals surface area (Å²) in [5.74, 6) is -0.0917. The average molecular weight is 268 g/mol. The van der Waals surface area contributed by atoms with E-state index in [1.54, 1.807) is 11.3 Å². The zero-order chi connectivity index (χ0) is 12.5. The second-order valence-corrected chi connectivity index (χ2v) is 5.54. The molecule has 3 rings (SSSR count). The van der Waals surface area contributed by atoms with Crippen LogP contribution in [0, 0.1) is 6.92 Å². The van der Waals surface area contributed by atoms with Gasteiger partial charge in [0.1, 0.15) is 17.2 Å². The summed E-state index contributed by atoms with van der Waals surface area (Å²) in [6, 6.07) is -0.0857. The van der Waals surface area contributed by atoms with Gasteiger partial charge in [0.15, 0.2) is 0 Å². The van der Waals surface area contributed by atoms with Crippen LogP contribution in [0.2, 0.25) is 0 Å². The summed E-state index contributed by atoms with van der Waals surface area (Å²) in [6.07, 6.45) is 0.786. The van der Waals surface area contributed by atoms with Crippen LogP contribution < -0.4 is 0 Å². The molecule has 5 nitrogen and oxygen atoms in total. The van der Waals surface area contributed by atoms with Crippen molar-refractivity contribution < 1.29 is 14.3 Å². The summed E-state index contributed by atoms with van der Waals surface area (Å²) in [4.78, 5) is 18.2. The van der Waals surface area contributed by atoms with Crippen molar-refractivity contribution in [2.45, 2.75) is 25.5 Å². The van der Waals surface area contributed by atoms with Crippen LogP contribution in [-0.4, -0.2) is 48.2 Å². The molecule has 0 N–H and O–H groups in total. The number of hydrogen-bond donors (Lipinski definition) is 0. The highest BCUT2D eigenvalue weighted by Crippen LogP contribution is 2.27. The molecule has 98 valence electrons. The Labute approximate surface area is 110 Å². The van der Waals surface area contributed by atoms with Crippen LogP contribution in [-0.2, 0) is 14.3 Å². The number of carbonyl (C=O) groups excluding carboxylic acids is 1. The van der Waals surface area contributed by atoms with Gasteiger partial charge in [-0.3, -0.25) is 9.69 Å². The van der Waals surface area contributed by atoms with Crippen molar-refractivity contribution in [3.05, 3.63) is 16.1 Å². The van der Waals surface area contributed by atoms with Gasteiger partial charge in [0.2, 0.25) is 0 Å². The average Bonchev–Trinajstić information content (AvgIpc) is 2.98. The first-order valence-corrected chi connectivity index (χ1v) is 7.06. The Morgan fingerprint density at radius 1 is 1.50 bits per heavy atom. The molecule has 2 aliphatic rings. The van der Waals surface area contributed by atoms with Gasteiger partial charge >= 0.3 is 5.97 Å². The van der Waals surface area contributed by atoms with Crippen molar-refractivity contribution in [3.8, 4) is 0 Å². The van der Waals surface area contributed by atoms with Crippen LogP contribution in [0.15, 0.2) is 5.38 Å².